The molecule has 3 amide bonds. The Hall–Kier alpha value is -4.15. The van der Waals surface area contributed by atoms with Gasteiger partial charge in [0.25, 0.3) is 5.91 Å². The number of amides is 3. The zero-order valence-electron chi connectivity index (χ0n) is 21.3. The summed E-state index contributed by atoms with van der Waals surface area (Å²) >= 11 is 0. The molecular formula is C28H29F3N4O4. The molecule has 3 aromatic rings. The molecule has 1 aliphatic carbocycles. The highest BCUT2D eigenvalue weighted by Crippen LogP contribution is 2.41. The predicted octanol–water partition coefficient (Wildman–Crippen LogP) is 5.05. The fourth-order valence-corrected chi connectivity index (χ4v) is 4.75. The Bertz CT molecular complexity index is 1330. The Labute approximate surface area is 223 Å². The summed E-state index contributed by atoms with van der Waals surface area (Å²) in [5, 5.41) is 5.02. The third-order valence-corrected chi connectivity index (χ3v) is 7.12. The number of anilines is 1. The van der Waals surface area contributed by atoms with Crippen LogP contribution in [0.15, 0.2) is 59.0 Å². The lowest BCUT2D eigenvalue weighted by molar-refractivity contribution is -0.153. The van der Waals surface area contributed by atoms with Gasteiger partial charge in [-0.05, 0) is 60.9 Å². The fourth-order valence-electron chi connectivity index (χ4n) is 4.75. The summed E-state index contributed by atoms with van der Waals surface area (Å²) in [6.07, 6.45) is -1.94. The molecule has 0 atom stereocenters. The zero-order chi connectivity index (χ0) is 28.2. The van der Waals surface area contributed by atoms with Gasteiger partial charge in [-0.3, -0.25) is 14.4 Å². The lowest BCUT2D eigenvalue weighted by atomic mass is 9.68. The van der Waals surface area contributed by atoms with Crippen LogP contribution in [0.3, 0.4) is 0 Å². The molecule has 1 aromatic heterocycles. The minimum atomic E-state index is -4.92. The van der Waals surface area contributed by atoms with Gasteiger partial charge in [0.05, 0.1) is 0 Å². The van der Waals surface area contributed by atoms with Crippen molar-refractivity contribution < 1.29 is 32.0 Å². The number of aromatic nitrogens is 1. The number of hydrogen-bond acceptors (Lipinski definition) is 5. The molecule has 0 unspecified atom stereocenters. The second-order valence-corrected chi connectivity index (χ2v) is 9.93. The molecule has 1 aliphatic rings. The summed E-state index contributed by atoms with van der Waals surface area (Å²) in [6.45, 7) is 1.94. The zero-order valence-corrected chi connectivity index (χ0v) is 21.3. The second-order valence-electron chi connectivity index (χ2n) is 9.93. The van der Waals surface area contributed by atoms with Crippen LogP contribution in [0, 0.1) is 5.92 Å². The highest BCUT2D eigenvalue weighted by Gasteiger charge is 2.42. The molecule has 0 spiro atoms. The number of halogens is 3. The van der Waals surface area contributed by atoms with Crippen LogP contribution < -0.4 is 16.4 Å². The van der Waals surface area contributed by atoms with Gasteiger partial charge in [0.15, 0.2) is 5.69 Å². The quantitative estimate of drug-likeness (QED) is 0.367. The van der Waals surface area contributed by atoms with E-state index in [4.69, 9.17) is 10.2 Å². The van der Waals surface area contributed by atoms with Crippen molar-refractivity contribution in [2.45, 2.75) is 50.6 Å². The number of alkyl halides is 3. The Morgan fingerprint density at radius 2 is 1.69 bits per heavy atom. The summed E-state index contributed by atoms with van der Waals surface area (Å²) in [7, 11) is 0. The van der Waals surface area contributed by atoms with Gasteiger partial charge in [-0.25, -0.2) is 4.98 Å². The third-order valence-electron chi connectivity index (χ3n) is 7.12. The standard InChI is InChI=1S/C28H29F3N4O4/c1-27(14-11-17(12-15-27)24(32)37)19-7-9-20(10-8-19)34-21(36)13-16-33-25(38)22-23(28(29,30)31)39-26(35-22)18-5-3-2-4-6-18/h2-10,17H,11-16H2,1H3,(H2,32,37)(H,33,38)(H,34,36). The molecule has 8 nitrogen and oxygen atoms in total. The van der Waals surface area contributed by atoms with Crippen molar-refractivity contribution in [3.63, 3.8) is 0 Å². The first-order valence-corrected chi connectivity index (χ1v) is 12.6. The molecule has 1 heterocycles. The van der Waals surface area contributed by atoms with Crippen molar-refractivity contribution in [1.29, 1.82) is 0 Å². The minimum Gasteiger partial charge on any atom is -0.431 e. The smallest absolute Gasteiger partial charge is 0.431 e. The number of nitrogens with two attached hydrogens (primary N) is 1. The second kappa shape index (κ2) is 11.3. The maximum Gasteiger partial charge on any atom is 0.452 e. The van der Waals surface area contributed by atoms with Gasteiger partial charge >= 0.3 is 6.18 Å². The number of nitrogens with one attached hydrogen (secondary N) is 2. The number of nitrogens with zero attached hydrogens (tertiary/aromatic N) is 1. The monoisotopic (exact) mass is 542 g/mol. The van der Waals surface area contributed by atoms with E-state index in [1.807, 2.05) is 12.1 Å². The Morgan fingerprint density at radius 3 is 2.28 bits per heavy atom. The SMILES string of the molecule is CC1(c2ccc(NC(=O)CCNC(=O)c3nc(-c4ccccc4)oc3C(F)(F)F)cc2)CCC(C(N)=O)CC1. The largest absolute Gasteiger partial charge is 0.452 e. The highest BCUT2D eigenvalue weighted by atomic mass is 19.4. The molecule has 2 aromatic carbocycles. The first kappa shape index (κ1) is 27.9. The summed E-state index contributed by atoms with van der Waals surface area (Å²) in [6, 6.07) is 15.3. The molecule has 11 heteroatoms. The maximum atomic E-state index is 13.5. The number of primary amides is 1. The summed E-state index contributed by atoms with van der Waals surface area (Å²) in [5.74, 6) is -3.69. The van der Waals surface area contributed by atoms with Crippen molar-refractivity contribution in [3.05, 3.63) is 71.6 Å². The average molecular weight is 543 g/mol. The fraction of sp³-hybridized carbons (Fsp3) is 0.357. The van der Waals surface area contributed by atoms with Gasteiger partial charge in [0.2, 0.25) is 23.5 Å². The van der Waals surface area contributed by atoms with Crippen LogP contribution in [-0.2, 0) is 21.2 Å². The lowest BCUT2D eigenvalue weighted by Gasteiger charge is -2.37. The lowest BCUT2D eigenvalue weighted by Crippen LogP contribution is -2.34. The van der Waals surface area contributed by atoms with Gasteiger partial charge in [0, 0.05) is 30.1 Å². The Morgan fingerprint density at radius 1 is 1.05 bits per heavy atom. The van der Waals surface area contributed by atoms with Gasteiger partial charge in [-0.2, -0.15) is 13.2 Å². The van der Waals surface area contributed by atoms with E-state index in [0.717, 1.165) is 31.2 Å². The van der Waals surface area contributed by atoms with E-state index in [1.165, 1.54) is 12.1 Å². The normalized spacial score (nSPS) is 19.3. The van der Waals surface area contributed by atoms with Gasteiger partial charge < -0.3 is 20.8 Å². The molecular weight excluding hydrogens is 513 g/mol. The number of oxazole rings is 1. The maximum absolute atomic E-state index is 13.5. The summed E-state index contributed by atoms with van der Waals surface area (Å²) < 4.78 is 45.2. The molecule has 206 valence electrons. The van der Waals surface area contributed by atoms with E-state index in [2.05, 4.69) is 22.5 Å². The van der Waals surface area contributed by atoms with Crippen LogP contribution in [0.25, 0.3) is 11.5 Å². The van der Waals surface area contributed by atoms with Gasteiger partial charge in [0.1, 0.15) is 0 Å². The number of benzene rings is 2. The molecule has 0 radical (unpaired) electrons. The molecule has 1 fully saturated rings. The van der Waals surface area contributed by atoms with Crippen molar-refractivity contribution in [1.82, 2.24) is 10.3 Å². The van der Waals surface area contributed by atoms with Crippen LogP contribution in [0.1, 0.15) is 60.8 Å². The van der Waals surface area contributed by atoms with E-state index >= 15 is 0 Å². The molecule has 4 rings (SSSR count). The number of rotatable bonds is 8. The Balaban J connectivity index is 1.31. The topological polar surface area (TPSA) is 127 Å². The molecule has 39 heavy (non-hydrogen) atoms. The van der Waals surface area contributed by atoms with Crippen LogP contribution in [0.5, 0.6) is 0 Å². The minimum absolute atomic E-state index is 0.0878. The first-order chi connectivity index (χ1) is 18.5. The first-order valence-electron chi connectivity index (χ1n) is 12.6. The molecule has 0 bridgehead atoms. The number of hydrogen-bond donors (Lipinski definition) is 3. The number of carbonyl (C=O) groups is 3. The van der Waals surface area contributed by atoms with E-state index in [1.54, 1.807) is 30.3 Å². The van der Waals surface area contributed by atoms with Crippen molar-refractivity contribution in [2.24, 2.45) is 11.7 Å². The van der Waals surface area contributed by atoms with Crippen molar-refractivity contribution in [2.75, 3.05) is 11.9 Å². The van der Waals surface area contributed by atoms with Crippen LogP contribution in [-0.4, -0.2) is 29.3 Å². The average Bonchev–Trinajstić information content (AvgIpc) is 3.36. The number of carbonyl (C=O) groups excluding carboxylic acids is 3. The molecule has 4 N–H and O–H groups in total. The van der Waals surface area contributed by atoms with Crippen LogP contribution >= 0.6 is 0 Å². The van der Waals surface area contributed by atoms with Crippen LogP contribution in [0.2, 0.25) is 0 Å². The summed E-state index contributed by atoms with van der Waals surface area (Å²) in [4.78, 5) is 40.1. The van der Waals surface area contributed by atoms with Gasteiger partial charge in [-0.1, -0.05) is 37.3 Å². The molecule has 1 saturated carbocycles. The van der Waals surface area contributed by atoms with E-state index in [-0.39, 0.29) is 36.1 Å². The molecule has 0 saturated heterocycles. The van der Waals surface area contributed by atoms with Crippen LogP contribution in [0.4, 0.5) is 18.9 Å². The summed E-state index contributed by atoms with van der Waals surface area (Å²) in [5.41, 5.74) is 6.39. The molecule has 0 aliphatic heterocycles. The van der Waals surface area contributed by atoms with E-state index in [9.17, 15) is 27.6 Å². The third kappa shape index (κ3) is 6.65. The van der Waals surface area contributed by atoms with Gasteiger partial charge in [-0.15, -0.1) is 0 Å². The Kier molecular flexibility index (Phi) is 8.08. The van der Waals surface area contributed by atoms with Crippen molar-refractivity contribution >= 4 is 23.4 Å². The highest BCUT2D eigenvalue weighted by molar-refractivity contribution is 5.95. The van der Waals surface area contributed by atoms with E-state index < -0.39 is 29.4 Å². The predicted molar refractivity (Wildman–Crippen MR) is 137 cm³/mol. The van der Waals surface area contributed by atoms with Crippen molar-refractivity contribution in [3.8, 4) is 11.5 Å². The van der Waals surface area contributed by atoms with E-state index in [0.29, 0.717) is 11.3 Å².